The molecule has 0 atom stereocenters. The van der Waals surface area contributed by atoms with Crippen molar-refractivity contribution in [3.8, 4) is 22.8 Å². The molecular formula is C28H25FN4O4S. The monoisotopic (exact) mass is 532 g/mol. The highest BCUT2D eigenvalue weighted by Crippen LogP contribution is 2.33. The van der Waals surface area contributed by atoms with Gasteiger partial charge in [0.05, 0.1) is 12.1 Å². The molecule has 194 valence electrons. The molecule has 5 aromatic rings. The van der Waals surface area contributed by atoms with Crippen LogP contribution in [0.3, 0.4) is 0 Å². The molecular weight excluding hydrogens is 507 g/mol. The van der Waals surface area contributed by atoms with Crippen molar-refractivity contribution in [2.75, 3.05) is 17.6 Å². The second kappa shape index (κ2) is 11.5. The van der Waals surface area contributed by atoms with Gasteiger partial charge in [-0.3, -0.25) is 0 Å². The standard InChI is InChI=1S/C28H25FN4O4S/c29-20-3-1-2-18(12-20)16-36-27-8-5-21(14-25(27)34)32-28-23-13-19(4-7-24(23)30-17-31-28)26-9-6-22(37-26)15-33(35)10-11-38/h1-9,12-14,17,34-35,38H,10-11,15-16H2,(H,30,31,32). The number of hydrogen-bond acceptors (Lipinski definition) is 9. The van der Waals surface area contributed by atoms with Crippen LogP contribution in [0.1, 0.15) is 11.3 Å². The highest BCUT2D eigenvalue weighted by atomic mass is 32.1. The number of anilines is 2. The van der Waals surface area contributed by atoms with Crippen molar-refractivity contribution in [2.45, 2.75) is 13.2 Å². The molecule has 10 heteroatoms. The molecule has 0 aliphatic carbocycles. The number of nitrogens with zero attached hydrogens (tertiary/aromatic N) is 3. The third-order valence-electron chi connectivity index (χ3n) is 5.78. The Morgan fingerprint density at radius 3 is 2.74 bits per heavy atom. The summed E-state index contributed by atoms with van der Waals surface area (Å²) in [7, 11) is 0. The fourth-order valence-corrected chi connectivity index (χ4v) is 4.17. The van der Waals surface area contributed by atoms with Crippen LogP contribution >= 0.6 is 12.6 Å². The van der Waals surface area contributed by atoms with E-state index in [-0.39, 0.29) is 30.5 Å². The molecule has 0 radical (unpaired) electrons. The number of nitrogens with one attached hydrogen (secondary N) is 1. The van der Waals surface area contributed by atoms with Gasteiger partial charge < -0.3 is 24.8 Å². The van der Waals surface area contributed by atoms with Gasteiger partial charge in [-0.25, -0.2) is 14.4 Å². The zero-order valence-electron chi connectivity index (χ0n) is 20.2. The van der Waals surface area contributed by atoms with Gasteiger partial charge >= 0.3 is 0 Å². The Bertz CT molecular complexity index is 1560. The van der Waals surface area contributed by atoms with Gasteiger partial charge in [-0.15, -0.1) is 0 Å². The summed E-state index contributed by atoms with van der Waals surface area (Å²) in [6, 6.07) is 20.4. The molecule has 0 unspecified atom stereocenters. The van der Waals surface area contributed by atoms with Gasteiger partial charge in [0.15, 0.2) is 11.5 Å². The van der Waals surface area contributed by atoms with Gasteiger partial charge in [0, 0.05) is 35.0 Å². The topological polar surface area (TPSA) is 104 Å². The summed E-state index contributed by atoms with van der Waals surface area (Å²) in [6.07, 6.45) is 1.46. The van der Waals surface area contributed by atoms with Crippen LogP contribution in [-0.2, 0) is 13.2 Å². The summed E-state index contributed by atoms with van der Waals surface area (Å²) in [5, 5.41) is 25.5. The number of ether oxygens (including phenoxy) is 1. The third-order valence-corrected chi connectivity index (χ3v) is 5.98. The van der Waals surface area contributed by atoms with Gasteiger partial charge in [0.25, 0.3) is 0 Å². The summed E-state index contributed by atoms with van der Waals surface area (Å²) in [5.74, 6) is 2.22. The average Bonchev–Trinajstić information content (AvgIpc) is 3.37. The molecule has 0 aliphatic heterocycles. The fraction of sp³-hybridized carbons (Fsp3) is 0.143. The molecule has 3 N–H and O–H groups in total. The minimum Gasteiger partial charge on any atom is -0.504 e. The Morgan fingerprint density at radius 1 is 1.03 bits per heavy atom. The summed E-state index contributed by atoms with van der Waals surface area (Å²) >= 11 is 4.12. The Hall–Kier alpha value is -4.12. The second-order valence-corrected chi connectivity index (χ2v) is 9.01. The SMILES string of the molecule is Oc1cc(Nc2ncnc3ccc(-c4ccc(CN(O)CCS)o4)cc23)ccc1OCc1cccc(F)c1. The molecule has 2 heterocycles. The first kappa shape index (κ1) is 25.5. The van der Waals surface area contributed by atoms with E-state index in [0.29, 0.717) is 40.9 Å². The first-order chi connectivity index (χ1) is 18.5. The first-order valence-corrected chi connectivity index (χ1v) is 12.5. The van der Waals surface area contributed by atoms with Crippen molar-refractivity contribution >= 4 is 35.0 Å². The fourth-order valence-electron chi connectivity index (χ4n) is 3.94. The van der Waals surface area contributed by atoms with E-state index in [1.165, 1.54) is 24.5 Å². The van der Waals surface area contributed by atoms with Crippen molar-refractivity contribution in [3.05, 3.63) is 96.3 Å². The van der Waals surface area contributed by atoms with E-state index >= 15 is 0 Å². The van der Waals surface area contributed by atoms with Crippen molar-refractivity contribution in [1.29, 1.82) is 0 Å². The van der Waals surface area contributed by atoms with Crippen LogP contribution in [0, 0.1) is 5.82 Å². The van der Waals surface area contributed by atoms with Crippen molar-refractivity contribution < 1.29 is 23.9 Å². The Morgan fingerprint density at radius 2 is 1.92 bits per heavy atom. The van der Waals surface area contributed by atoms with Crippen LogP contribution < -0.4 is 10.1 Å². The highest BCUT2D eigenvalue weighted by molar-refractivity contribution is 7.80. The number of aromatic nitrogens is 2. The number of halogens is 1. The lowest BCUT2D eigenvalue weighted by molar-refractivity contribution is -0.0974. The minimum absolute atomic E-state index is 0.0654. The number of hydrogen-bond donors (Lipinski definition) is 4. The van der Waals surface area contributed by atoms with Crippen LogP contribution in [0.25, 0.3) is 22.2 Å². The number of aromatic hydroxyl groups is 1. The number of furan rings is 1. The zero-order valence-corrected chi connectivity index (χ0v) is 21.1. The number of rotatable bonds is 10. The molecule has 8 nitrogen and oxygen atoms in total. The number of thiol groups is 1. The Labute approximate surface area is 223 Å². The third kappa shape index (κ3) is 6.05. The second-order valence-electron chi connectivity index (χ2n) is 8.56. The van der Waals surface area contributed by atoms with Crippen LogP contribution in [-0.4, -0.2) is 37.6 Å². The van der Waals surface area contributed by atoms with Crippen LogP contribution in [0.5, 0.6) is 11.5 Å². The van der Waals surface area contributed by atoms with Crippen molar-refractivity contribution in [3.63, 3.8) is 0 Å². The smallest absolute Gasteiger partial charge is 0.161 e. The molecule has 0 spiro atoms. The quantitative estimate of drug-likeness (QED) is 0.125. The van der Waals surface area contributed by atoms with Gasteiger partial charge in [0.1, 0.15) is 36.1 Å². The van der Waals surface area contributed by atoms with Crippen molar-refractivity contribution in [1.82, 2.24) is 15.0 Å². The summed E-state index contributed by atoms with van der Waals surface area (Å²) in [5.41, 5.74) is 2.81. The van der Waals surface area contributed by atoms with Crippen molar-refractivity contribution in [2.24, 2.45) is 0 Å². The predicted molar refractivity (Wildman–Crippen MR) is 145 cm³/mol. The molecule has 0 amide bonds. The number of phenolic OH excluding ortho intramolecular Hbond substituents is 1. The van der Waals surface area contributed by atoms with E-state index in [1.807, 2.05) is 30.3 Å². The Balaban J connectivity index is 1.34. The maximum atomic E-state index is 13.4. The molecule has 0 aliphatic rings. The van der Waals surface area contributed by atoms with Crippen LogP contribution in [0.4, 0.5) is 15.9 Å². The molecule has 5 rings (SSSR count). The number of phenols is 1. The molecule has 0 saturated carbocycles. The van der Waals surface area contributed by atoms with E-state index in [2.05, 4.69) is 27.9 Å². The highest BCUT2D eigenvalue weighted by Gasteiger charge is 2.12. The molecule has 38 heavy (non-hydrogen) atoms. The van der Waals surface area contributed by atoms with Gasteiger partial charge in [-0.05, 0) is 60.2 Å². The number of benzene rings is 3. The lowest BCUT2D eigenvalue weighted by atomic mass is 10.1. The lowest BCUT2D eigenvalue weighted by Gasteiger charge is -2.12. The largest absolute Gasteiger partial charge is 0.504 e. The first-order valence-electron chi connectivity index (χ1n) is 11.8. The van der Waals surface area contributed by atoms with Gasteiger partial charge in [-0.2, -0.15) is 17.7 Å². The number of hydroxylamine groups is 2. The summed E-state index contributed by atoms with van der Waals surface area (Å²) in [6.45, 7) is 0.810. The minimum atomic E-state index is -0.344. The predicted octanol–water partition coefficient (Wildman–Crippen LogP) is 6.18. The van der Waals surface area contributed by atoms with Crippen LogP contribution in [0.2, 0.25) is 0 Å². The number of fused-ring (bicyclic) bond motifs is 1. The summed E-state index contributed by atoms with van der Waals surface area (Å²) < 4.78 is 25.0. The zero-order chi connectivity index (χ0) is 26.5. The molecule has 2 aromatic heterocycles. The maximum Gasteiger partial charge on any atom is 0.161 e. The van der Waals surface area contributed by atoms with Gasteiger partial charge in [0.2, 0.25) is 0 Å². The van der Waals surface area contributed by atoms with E-state index in [0.717, 1.165) is 21.5 Å². The van der Waals surface area contributed by atoms with Crippen LogP contribution in [0.15, 0.2) is 83.5 Å². The van der Waals surface area contributed by atoms with Gasteiger partial charge in [-0.1, -0.05) is 12.1 Å². The lowest BCUT2D eigenvalue weighted by Crippen LogP contribution is -2.20. The molecule has 0 fully saturated rings. The Kier molecular flexibility index (Phi) is 7.73. The molecule has 0 bridgehead atoms. The maximum absolute atomic E-state index is 13.4. The molecule has 0 saturated heterocycles. The van der Waals surface area contributed by atoms with E-state index in [4.69, 9.17) is 9.15 Å². The van der Waals surface area contributed by atoms with E-state index in [9.17, 15) is 14.7 Å². The van der Waals surface area contributed by atoms with E-state index in [1.54, 1.807) is 24.3 Å². The average molecular weight is 533 g/mol. The summed E-state index contributed by atoms with van der Waals surface area (Å²) in [4.78, 5) is 8.74. The van der Waals surface area contributed by atoms with E-state index < -0.39 is 0 Å². The normalized spacial score (nSPS) is 11.3. The molecule has 3 aromatic carbocycles.